The molecule has 2 N–H and O–H groups in total. The summed E-state index contributed by atoms with van der Waals surface area (Å²) in [6.45, 7) is 0. The summed E-state index contributed by atoms with van der Waals surface area (Å²) >= 11 is 0. The Bertz CT molecular complexity index is 415. The number of halogens is 3. The standard InChI is InChI=1S/C10H10BF3O2/c12-10(13,14)8-5-4-6-2-1-3-7(6)9(8)11(15)16/h4-5,15-16H,1-3H2. The first-order chi connectivity index (χ1) is 7.41. The fourth-order valence-corrected chi connectivity index (χ4v) is 2.24. The van der Waals surface area contributed by atoms with Crippen molar-refractivity contribution in [1.82, 2.24) is 0 Å². The molecule has 6 heteroatoms. The monoisotopic (exact) mass is 230 g/mol. The molecule has 2 nitrogen and oxygen atoms in total. The summed E-state index contributed by atoms with van der Waals surface area (Å²) in [6.07, 6.45) is -2.60. The minimum atomic E-state index is -4.54. The summed E-state index contributed by atoms with van der Waals surface area (Å²) in [6, 6.07) is 2.36. The molecule has 0 saturated heterocycles. The maximum absolute atomic E-state index is 12.7. The Morgan fingerprint density at radius 1 is 1.12 bits per heavy atom. The Morgan fingerprint density at radius 2 is 1.81 bits per heavy atom. The molecule has 2 rings (SSSR count). The van der Waals surface area contributed by atoms with Crippen LogP contribution in [0, 0.1) is 0 Å². The molecule has 1 aliphatic rings. The van der Waals surface area contributed by atoms with Crippen molar-refractivity contribution < 1.29 is 23.2 Å². The molecule has 0 amide bonds. The van der Waals surface area contributed by atoms with Crippen molar-refractivity contribution in [2.24, 2.45) is 0 Å². The van der Waals surface area contributed by atoms with E-state index in [1.165, 1.54) is 6.07 Å². The van der Waals surface area contributed by atoms with Gasteiger partial charge in [0.1, 0.15) is 0 Å². The van der Waals surface area contributed by atoms with Gasteiger partial charge in [-0.15, -0.1) is 0 Å². The van der Waals surface area contributed by atoms with Crippen LogP contribution in [0.25, 0.3) is 0 Å². The van der Waals surface area contributed by atoms with Crippen molar-refractivity contribution in [1.29, 1.82) is 0 Å². The van der Waals surface area contributed by atoms with Crippen LogP contribution in [0.1, 0.15) is 23.1 Å². The molecular weight excluding hydrogens is 220 g/mol. The van der Waals surface area contributed by atoms with E-state index in [0.29, 0.717) is 18.4 Å². The first-order valence-corrected chi connectivity index (χ1v) is 4.99. The van der Waals surface area contributed by atoms with Gasteiger partial charge in [0.25, 0.3) is 0 Å². The smallest absolute Gasteiger partial charge is 0.423 e. The molecule has 0 aromatic heterocycles. The lowest BCUT2D eigenvalue weighted by Gasteiger charge is -2.16. The van der Waals surface area contributed by atoms with E-state index >= 15 is 0 Å². The molecule has 1 aromatic carbocycles. The summed E-state index contributed by atoms with van der Waals surface area (Å²) in [5.41, 5.74) is -0.0772. The van der Waals surface area contributed by atoms with Gasteiger partial charge in [-0.1, -0.05) is 12.1 Å². The van der Waals surface area contributed by atoms with Crippen LogP contribution in [0.4, 0.5) is 13.2 Å². The normalized spacial score (nSPS) is 15.1. The number of fused-ring (bicyclic) bond motifs is 1. The van der Waals surface area contributed by atoms with Crippen molar-refractivity contribution in [3.63, 3.8) is 0 Å². The van der Waals surface area contributed by atoms with E-state index < -0.39 is 18.9 Å². The lowest BCUT2D eigenvalue weighted by Crippen LogP contribution is -2.39. The van der Waals surface area contributed by atoms with Crippen molar-refractivity contribution in [2.45, 2.75) is 25.4 Å². The fourth-order valence-electron chi connectivity index (χ4n) is 2.24. The third-order valence-corrected chi connectivity index (χ3v) is 2.89. The predicted molar refractivity (Wildman–Crippen MR) is 53.3 cm³/mol. The highest BCUT2D eigenvalue weighted by Crippen LogP contribution is 2.31. The van der Waals surface area contributed by atoms with E-state index in [1.807, 2.05) is 0 Å². The van der Waals surface area contributed by atoms with Gasteiger partial charge in [0.15, 0.2) is 0 Å². The number of alkyl halides is 3. The molecule has 16 heavy (non-hydrogen) atoms. The molecule has 1 aromatic rings. The average molecular weight is 230 g/mol. The Morgan fingerprint density at radius 3 is 2.38 bits per heavy atom. The van der Waals surface area contributed by atoms with Crippen LogP contribution in [0.15, 0.2) is 12.1 Å². The molecule has 86 valence electrons. The van der Waals surface area contributed by atoms with Gasteiger partial charge < -0.3 is 10.0 Å². The zero-order valence-corrected chi connectivity index (χ0v) is 8.38. The predicted octanol–water partition coefficient (Wildman–Crippen LogP) is 0.874. The Balaban J connectivity index is 2.63. The van der Waals surface area contributed by atoms with Crippen molar-refractivity contribution in [2.75, 3.05) is 0 Å². The molecule has 0 heterocycles. The minimum absolute atomic E-state index is 0.373. The number of aryl methyl sites for hydroxylation is 1. The second kappa shape index (κ2) is 3.78. The van der Waals surface area contributed by atoms with Gasteiger partial charge in [-0.25, -0.2) is 0 Å². The molecule has 0 fully saturated rings. The minimum Gasteiger partial charge on any atom is -0.423 e. The van der Waals surface area contributed by atoms with Gasteiger partial charge in [-0.3, -0.25) is 0 Å². The van der Waals surface area contributed by atoms with Gasteiger partial charge >= 0.3 is 13.3 Å². The van der Waals surface area contributed by atoms with Crippen LogP contribution in [-0.4, -0.2) is 17.2 Å². The van der Waals surface area contributed by atoms with Crippen molar-refractivity contribution in [3.05, 3.63) is 28.8 Å². The average Bonchev–Trinajstić information content (AvgIpc) is 2.61. The van der Waals surface area contributed by atoms with Crippen LogP contribution in [0.3, 0.4) is 0 Å². The highest BCUT2D eigenvalue weighted by molar-refractivity contribution is 6.60. The Labute approximate surface area is 90.9 Å². The largest absolute Gasteiger partial charge is 0.489 e. The first-order valence-electron chi connectivity index (χ1n) is 4.99. The van der Waals surface area contributed by atoms with Crippen molar-refractivity contribution in [3.8, 4) is 0 Å². The number of hydrogen-bond acceptors (Lipinski definition) is 2. The summed E-state index contributed by atoms with van der Waals surface area (Å²) in [5.74, 6) is 0. The maximum Gasteiger partial charge on any atom is 0.489 e. The van der Waals surface area contributed by atoms with E-state index in [2.05, 4.69) is 0 Å². The van der Waals surface area contributed by atoms with Gasteiger partial charge in [-0.05, 0) is 35.9 Å². The Hall–Kier alpha value is -1.01. The Kier molecular flexibility index (Phi) is 2.71. The first kappa shape index (κ1) is 11.5. The van der Waals surface area contributed by atoms with E-state index in [0.717, 1.165) is 18.1 Å². The van der Waals surface area contributed by atoms with Gasteiger partial charge in [0.2, 0.25) is 0 Å². The highest BCUT2D eigenvalue weighted by atomic mass is 19.4. The molecule has 0 bridgehead atoms. The quantitative estimate of drug-likeness (QED) is 0.703. The molecule has 0 saturated carbocycles. The van der Waals surface area contributed by atoms with E-state index in [9.17, 15) is 13.2 Å². The molecule has 0 radical (unpaired) electrons. The van der Waals surface area contributed by atoms with Crippen LogP contribution >= 0.6 is 0 Å². The SMILES string of the molecule is OB(O)c1c(C(F)(F)F)ccc2c1CCC2. The van der Waals surface area contributed by atoms with Gasteiger partial charge in [0.05, 0.1) is 5.56 Å². The number of hydrogen-bond donors (Lipinski definition) is 2. The van der Waals surface area contributed by atoms with E-state index in [4.69, 9.17) is 10.0 Å². The molecule has 0 spiro atoms. The van der Waals surface area contributed by atoms with Gasteiger partial charge in [-0.2, -0.15) is 13.2 Å². The van der Waals surface area contributed by atoms with E-state index in [-0.39, 0.29) is 5.46 Å². The maximum atomic E-state index is 12.7. The molecular formula is C10H10BF3O2. The molecule has 1 aliphatic carbocycles. The van der Waals surface area contributed by atoms with Crippen LogP contribution in [-0.2, 0) is 19.0 Å². The summed E-state index contributed by atoms with van der Waals surface area (Å²) in [7, 11) is -2.07. The van der Waals surface area contributed by atoms with E-state index in [1.54, 1.807) is 0 Å². The van der Waals surface area contributed by atoms with Crippen LogP contribution in [0.5, 0.6) is 0 Å². The lowest BCUT2D eigenvalue weighted by atomic mass is 9.72. The van der Waals surface area contributed by atoms with Crippen LogP contribution in [0.2, 0.25) is 0 Å². The summed E-state index contributed by atoms with van der Waals surface area (Å²) < 4.78 is 38.0. The van der Waals surface area contributed by atoms with Gasteiger partial charge in [0, 0.05) is 0 Å². The summed E-state index contributed by atoms with van der Waals surface area (Å²) in [4.78, 5) is 0. The topological polar surface area (TPSA) is 40.5 Å². The lowest BCUT2D eigenvalue weighted by molar-refractivity contribution is -0.136. The highest BCUT2D eigenvalue weighted by Gasteiger charge is 2.38. The molecule has 0 unspecified atom stereocenters. The fraction of sp³-hybridized carbons (Fsp3) is 0.400. The summed E-state index contributed by atoms with van der Waals surface area (Å²) in [5, 5.41) is 18.2. The zero-order valence-electron chi connectivity index (χ0n) is 8.38. The second-order valence-electron chi connectivity index (χ2n) is 3.89. The number of rotatable bonds is 1. The third kappa shape index (κ3) is 1.83. The zero-order chi connectivity index (χ0) is 11.9. The molecule has 0 atom stereocenters. The molecule has 0 aliphatic heterocycles. The second-order valence-corrected chi connectivity index (χ2v) is 3.89. The van der Waals surface area contributed by atoms with Crippen LogP contribution < -0.4 is 5.46 Å². The van der Waals surface area contributed by atoms with Crippen molar-refractivity contribution >= 4 is 12.6 Å². The number of benzene rings is 1. The third-order valence-electron chi connectivity index (χ3n) is 2.89.